The van der Waals surface area contributed by atoms with Crippen molar-refractivity contribution >= 4 is 18.8 Å². The molecule has 0 amide bonds. The summed E-state index contributed by atoms with van der Waals surface area (Å²) in [5, 5.41) is 13.0. The first-order valence-electron chi connectivity index (χ1n) is 4.35. The Bertz CT molecular complexity index is 510. The highest BCUT2D eigenvalue weighted by Crippen LogP contribution is 2.18. The van der Waals surface area contributed by atoms with Crippen LogP contribution in [0.1, 0.15) is 18.4 Å². The third-order valence-electron chi connectivity index (χ3n) is 2.24. The molecule has 0 fully saturated rings. The Morgan fingerprint density at radius 2 is 2.43 bits per heavy atom. The molecule has 66 valence electrons. The molecule has 0 aliphatic carbocycles. The highest BCUT2D eigenvalue weighted by molar-refractivity contribution is 6.32. The van der Waals surface area contributed by atoms with E-state index in [4.69, 9.17) is 13.1 Å². The van der Waals surface area contributed by atoms with Gasteiger partial charge in [0, 0.05) is 11.8 Å². The first-order valence-corrected chi connectivity index (χ1v) is 4.35. The van der Waals surface area contributed by atoms with E-state index >= 15 is 0 Å². The minimum atomic E-state index is -0.158. The summed E-state index contributed by atoms with van der Waals surface area (Å²) < 4.78 is 1.72. The number of fused-ring (bicyclic) bond motifs is 1. The fraction of sp³-hybridized carbons (Fsp3) is 0.200. The van der Waals surface area contributed by atoms with Crippen LogP contribution in [0.2, 0.25) is 0 Å². The molecular weight excluding hydrogens is 173 g/mol. The van der Waals surface area contributed by atoms with Crippen LogP contribution in [0.15, 0.2) is 24.5 Å². The quantitative estimate of drug-likeness (QED) is 0.609. The Hall–Kier alpha value is -1.76. The SMILES string of the molecule is [B]c1ccn2ncc(C(C)C#N)c2c1. The van der Waals surface area contributed by atoms with Crippen LogP contribution in [-0.4, -0.2) is 17.5 Å². The Morgan fingerprint density at radius 1 is 1.64 bits per heavy atom. The van der Waals surface area contributed by atoms with Crippen LogP contribution in [0, 0.1) is 11.3 Å². The summed E-state index contributed by atoms with van der Waals surface area (Å²) >= 11 is 0. The summed E-state index contributed by atoms with van der Waals surface area (Å²) in [4.78, 5) is 0. The van der Waals surface area contributed by atoms with E-state index in [0.717, 1.165) is 11.1 Å². The number of pyridine rings is 1. The molecule has 4 heteroatoms. The van der Waals surface area contributed by atoms with Crippen molar-refractivity contribution in [1.82, 2.24) is 9.61 Å². The summed E-state index contributed by atoms with van der Waals surface area (Å²) in [6.07, 6.45) is 3.50. The summed E-state index contributed by atoms with van der Waals surface area (Å²) in [6, 6.07) is 5.79. The molecule has 0 saturated heterocycles. The first-order chi connectivity index (χ1) is 6.72. The van der Waals surface area contributed by atoms with E-state index in [2.05, 4.69) is 11.2 Å². The van der Waals surface area contributed by atoms with Crippen molar-refractivity contribution in [3.8, 4) is 6.07 Å². The summed E-state index contributed by atoms with van der Waals surface area (Å²) in [5.41, 5.74) is 2.50. The monoisotopic (exact) mass is 181 g/mol. The standard InChI is InChI=1S/C10H8BN3/c1-7(5-12)9-6-13-14-3-2-8(11)4-10(9)14/h2-4,6-7H,1H3. The number of rotatable bonds is 1. The Morgan fingerprint density at radius 3 is 3.14 bits per heavy atom. The van der Waals surface area contributed by atoms with Crippen LogP contribution in [0.4, 0.5) is 0 Å². The maximum atomic E-state index is 8.82. The molecule has 0 aliphatic heterocycles. The lowest BCUT2D eigenvalue weighted by Gasteiger charge is -2.00. The zero-order chi connectivity index (χ0) is 10.1. The van der Waals surface area contributed by atoms with E-state index in [1.165, 1.54) is 0 Å². The van der Waals surface area contributed by atoms with E-state index in [-0.39, 0.29) is 5.92 Å². The molecular formula is C10H8BN3. The molecule has 0 spiro atoms. The van der Waals surface area contributed by atoms with Gasteiger partial charge in [0.15, 0.2) is 0 Å². The largest absolute Gasteiger partial charge is 0.241 e. The van der Waals surface area contributed by atoms with Crippen LogP contribution in [0.5, 0.6) is 0 Å². The molecule has 3 nitrogen and oxygen atoms in total. The summed E-state index contributed by atoms with van der Waals surface area (Å²) in [7, 11) is 5.67. The number of nitrogens with zero attached hydrogens (tertiary/aromatic N) is 3. The van der Waals surface area contributed by atoms with E-state index in [1.807, 2.05) is 13.0 Å². The molecule has 0 aromatic carbocycles. The fourth-order valence-corrected chi connectivity index (χ4v) is 1.42. The lowest BCUT2D eigenvalue weighted by molar-refractivity contribution is 0.963. The Labute approximate surface area is 83.4 Å². The van der Waals surface area contributed by atoms with Crippen LogP contribution >= 0.6 is 0 Å². The zero-order valence-corrected chi connectivity index (χ0v) is 7.81. The molecule has 14 heavy (non-hydrogen) atoms. The van der Waals surface area contributed by atoms with Crippen molar-refractivity contribution in [2.24, 2.45) is 0 Å². The predicted octanol–water partition coefficient (Wildman–Crippen LogP) is 0.755. The maximum Gasteiger partial charge on any atom is 0.113 e. The fourth-order valence-electron chi connectivity index (χ4n) is 1.42. The van der Waals surface area contributed by atoms with Crippen LogP contribution in [0.3, 0.4) is 0 Å². The average molecular weight is 181 g/mol. The van der Waals surface area contributed by atoms with Gasteiger partial charge < -0.3 is 0 Å². The van der Waals surface area contributed by atoms with Crippen molar-refractivity contribution in [3.63, 3.8) is 0 Å². The number of hydrogen-bond donors (Lipinski definition) is 0. The van der Waals surface area contributed by atoms with Gasteiger partial charge in [0.1, 0.15) is 7.85 Å². The predicted molar refractivity (Wildman–Crippen MR) is 54.6 cm³/mol. The third kappa shape index (κ3) is 1.27. The van der Waals surface area contributed by atoms with E-state index in [0.29, 0.717) is 5.46 Å². The van der Waals surface area contributed by atoms with Gasteiger partial charge in [-0.2, -0.15) is 10.4 Å². The van der Waals surface area contributed by atoms with Crippen LogP contribution in [0.25, 0.3) is 5.52 Å². The molecule has 1 atom stereocenters. The van der Waals surface area contributed by atoms with Crippen molar-refractivity contribution < 1.29 is 0 Å². The van der Waals surface area contributed by atoms with Gasteiger partial charge in [-0.15, -0.1) is 0 Å². The molecule has 0 N–H and O–H groups in total. The van der Waals surface area contributed by atoms with Gasteiger partial charge in [-0.25, -0.2) is 4.52 Å². The summed E-state index contributed by atoms with van der Waals surface area (Å²) in [6.45, 7) is 1.85. The van der Waals surface area contributed by atoms with Gasteiger partial charge in [0.05, 0.1) is 23.7 Å². The first kappa shape index (κ1) is 8.83. The minimum Gasteiger partial charge on any atom is -0.241 e. The Kier molecular flexibility index (Phi) is 2.01. The lowest BCUT2D eigenvalue weighted by Crippen LogP contribution is -2.03. The smallest absolute Gasteiger partial charge is 0.113 e. The van der Waals surface area contributed by atoms with Gasteiger partial charge in [0.25, 0.3) is 0 Å². The topological polar surface area (TPSA) is 41.1 Å². The number of nitriles is 1. The highest BCUT2D eigenvalue weighted by Gasteiger charge is 2.10. The molecule has 0 aliphatic rings. The van der Waals surface area contributed by atoms with Crippen molar-refractivity contribution in [3.05, 3.63) is 30.1 Å². The number of aromatic nitrogens is 2. The second-order valence-corrected chi connectivity index (χ2v) is 3.24. The normalized spacial score (nSPS) is 12.6. The number of hydrogen-bond acceptors (Lipinski definition) is 2. The molecule has 0 bridgehead atoms. The molecule has 1 unspecified atom stereocenters. The van der Waals surface area contributed by atoms with Gasteiger partial charge in [-0.1, -0.05) is 11.5 Å². The molecule has 2 rings (SSSR count). The van der Waals surface area contributed by atoms with Crippen molar-refractivity contribution in [1.29, 1.82) is 5.26 Å². The zero-order valence-electron chi connectivity index (χ0n) is 7.81. The van der Waals surface area contributed by atoms with Gasteiger partial charge >= 0.3 is 0 Å². The second kappa shape index (κ2) is 3.19. The molecule has 0 saturated carbocycles. The van der Waals surface area contributed by atoms with Crippen molar-refractivity contribution in [2.75, 3.05) is 0 Å². The minimum absolute atomic E-state index is 0.158. The Balaban J connectivity index is 2.68. The molecule has 2 aromatic heterocycles. The maximum absolute atomic E-state index is 8.82. The van der Waals surface area contributed by atoms with E-state index < -0.39 is 0 Å². The van der Waals surface area contributed by atoms with E-state index in [9.17, 15) is 0 Å². The van der Waals surface area contributed by atoms with Gasteiger partial charge in [-0.3, -0.25) is 0 Å². The van der Waals surface area contributed by atoms with Crippen LogP contribution < -0.4 is 5.46 Å². The van der Waals surface area contributed by atoms with Crippen LogP contribution in [-0.2, 0) is 0 Å². The average Bonchev–Trinajstić information content (AvgIpc) is 2.59. The molecule has 2 heterocycles. The second-order valence-electron chi connectivity index (χ2n) is 3.24. The highest BCUT2D eigenvalue weighted by atomic mass is 15.2. The van der Waals surface area contributed by atoms with E-state index in [1.54, 1.807) is 23.0 Å². The van der Waals surface area contributed by atoms with Gasteiger partial charge in [0.2, 0.25) is 0 Å². The molecule has 2 radical (unpaired) electrons. The lowest BCUT2D eigenvalue weighted by atomic mass is 9.95. The molecule has 2 aromatic rings. The summed E-state index contributed by atoms with van der Waals surface area (Å²) in [5.74, 6) is -0.158. The third-order valence-corrected chi connectivity index (χ3v) is 2.24. The van der Waals surface area contributed by atoms with Gasteiger partial charge in [-0.05, 0) is 13.0 Å². The van der Waals surface area contributed by atoms with Crippen molar-refractivity contribution in [2.45, 2.75) is 12.8 Å².